The lowest BCUT2D eigenvalue weighted by atomic mass is 10.1. The summed E-state index contributed by atoms with van der Waals surface area (Å²) in [5.74, 6) is 1.66. The van der Waals surface area contributed by atoms with E-state index in [0.717, 1.165) is 31.0 Å². The van der Waals surface area contributed by atoms with Crippen molar-refractivity contribution in [1.29, 1.82) is 0 Å². The van der Waals surface area contributed by atoms with Gasteiger partial charge in [-0.15, -0.1) is 0 Å². The Kier molecular flexibility index (Phi) is 5.26. The molecule has 3 N–H and O–H groups in total. The minimum Gasteiger partial charge on any atom is -0.370 e. The second kappa shape index (κ2) is 7.78. The lowest BCUT2D eigenvalue weighted by Gasteiger charge is -2.25. The minimum absolute atomic E-state index is 0.0810. The van der Waals surface area contributed by atoms with E-state index in [2.05, 4.69) is 21.0 Å². The minimum atomic E-state index is 0.0810. The molecule has 0 saturated heterocycles. The van der Waals surface area contributed by atoms with Crippen LogP contribution in [-0.2, 0) is 17.9 Å². The molecule has 1 aliphatic rings. The Morgan fingerprint density at radius 2 is 2.17 bits per heavy atom. The topological polar surface area (TPSA) is 71.0 Å². The standard InChI is InChI=1S/C17H23N5O/c23-17(20-11-14-4-2-1-3-5-14)7-8-18-10-15-12-19-16-6-9-21-22(16)13-15/h1-6,9,15,18-19H,7-8,10-13H2,(H,20,23)/t15-/m0/s1. The van der Waals surface area contributed by atoms with Gasteiger partial charge in [-0.05, 0) is 5.56 Å². The van der Waals surface area contributed by atoms with E-state index >= 15 is 0 Å². The first-order valence-electron chi connectivity index (χ1n) is 8.08. The van der Waals surface area contributed by atoms with Gasteiger partial charge in [0.25, 0.3) is 0 Å². The highest BCUT2D eigenvalue weighted by molar-refractivity contribution is 5.76. The van der Waals surface area contributed by atoms with Crippen LogP contribution >= 0.6 is 0 Å². The van der Waals surface area contributed by atoms with Gasteiger partial charge in [0.2, 0.25) is 5.91 Å². The summed E-state index contributed by atoms with van der Waals surface area (Å²) < 4.78 is 1.99. The summed E-state index contributed by atoms with van der Waals surface area (Å²) in [4.78, 5) is 11.8. The molecule has 1 aromatic carbocycles. The van der Waals surface area contributed by atoms with Crippen molar-refractivity contribution in [1.82, 2.24) is 20.4 Å². The zero-order chi connectivity index (χ0) is 15.9. The van der Waals surface area contributed by atoms with Crippen molar-refractivity contribution in [3.05, 3.63) is 48.2 Å². The van der Waals surface area contributed by atoms with Crippen LogP contribution in [0.25, 0.3) is 0 Å². The lowest BCUT2D eigenvalue weighted by molar-refractivity contribution is -0.121. The van der Waals surface area contributed by atoms with Gasteiger partial charge in [-0.25, -0.2) is 4.68 Å². The van der Waals surface area contributed by atoms with E-state index in [1.807, 2.05) is 47.3 Å². The van der Waals surface area contributed by atoms with E-state index in [-0.39, 0.29) is 5.91 Å². The molecule has 0 fully saturated rings. The van der Waals surface area contributed by atoms with Gasteiger partial charge in [0.05, 0.1) is 6.20 Å². The molecule has 0 radical (unpaired) electrons. The summed E-state index contributed by atoms with van der Waals surface area (Å²) in [6.45, 7) is 4.04. The van der Waals surface area contributed by atoms with Crippen molar-refractivity contribution in [3.8, 4) is 0 Å². The third-order valence-electron chi connectivity index (χ3n) is 4.01. The maximum atomic E-state index is 11.8. The molecule has 0 saturated carbocycles. The normalized spacial score (nSPS) is 16.4. The van der Waals surface area contributed by atoms with Crippen molar-refractivity contribution in [2.24, 2.45) is 5.92 Å². The molecule has 3 rings (SSSR count). The Bertz CT molecular complexity index is 625. The van der Waals surface area contributed by atoms with Gasteiger partial charge < -0.3 is 16.0 Å². The maximum absolute atomic E-state index is 11.8. The molecular formula is C17H23N5O. The highest BCUT2D eigenvalue weighted by atomic mass is 16.1. The Balaban J connectivity index is 1.29. The summed E-state index contributed by atoms with van der Waals surface area (Å²) in [7, 11) is 0. The van der Waals surface area contributed by atoms with E-state index < -0.39 is 0 Å². The smallest absolute Gasteiger partial charge is 0.221 e. The molecule has 1 aromatic heterocycles. The van der Waals surface area contributed by atoms with Crippen LogP contribution in [0.4, 0.5) is 5.82 Å². The first-order valence-corrected chi connectivity index (χ1v) is 8.08. The van der Waals surface area contributed by atoms with Crippen LogP contribution in [0.5, 0.6) is 0 Å². The average Bonchev–Trinajstić information content (AvgIpc) is 3.05. The number of fused-ring (bicyclic) bond motifs is 1. The molecule has 23 heavy (non-hydrogen) atoms. The van der Waals surface area contributed by atoms with Crippen LogP contribution in [0.2, 0.25) is 0 Å². The fraction of sp³-hybridized carbons (Fsp3) is 0.412. The molecule has 0 unspecified atom stereocenters. The number of hydrogen-bond donors (Lipinski definition) is 3. The number of carbonyl (C=O) groups is 1. The molecule has 0 bridgehead atoms. The zero-order valence-electron chi connectivity index (χ0n) is 13.2. The summed E-state index contributed by atoms with van der Waals surface area (Å²) in [6, 6.07) is 11.9. The monoisotopic (exact) mass is 313 g/mol. The molecule has 122 valence electrons. The molecule has 1 atom stereocenters. The number of nitrogens with zero attached hydrogens (tertiary/aromatic N) is 2. The number of aromatic nitrogens is 2. The van der Waals surface area contributed by atoms with Crippen molar-refractivity contribution >= 4 is 11.7 Å². The Morgan fingerprint density at radius 3 is 3.04 bits per heavy atom. The van der Waals surface area contributed by atoms with Crippen LogP contribution in [0.3, 0.4) is 0 Å². The van der Waals surface area contributed by atoms with E-state index in [1.54, 1.807) is 0 Å². The van der Waals surface area contributed by atoms with Gasteiger partial charge in [-0.1, -0.05) is 30.3 Å². The molecule has 2 aromatic rings. The SMILES string of the molecule is O=C(CCNC[C@H]1CNc2ccnn2C1)NCc1ccccc1. The van der Waals surface area contributed by atoms with Crippen LogP contribution in [0.15, 0.2) is 42.6 Å². The third-order valence-corrected chi connectivity index (χ3v) is 4.01. The molecule has 1 amide bonds. The molecule has 6 heteroatoms. The largest absolute Gasteiger partial charge is 0.370 e. The number of nitrogens with one attached hydrogen (secondary N) is 3. The van der Waals surface area contributed by atoms with Gasteiger partial charge in [-0.3, -0.25) is 4.79 Å². The quantitative estimate of drug-likeness (QED) is 0.672. The number of hydrogen-bond acceptors (Lipinski definition) is 4. The summed E-state index contributed by atoms with van der Waals surface area (Å²) >= 11 is 0. The van der Waals surface area contributed by atoms with E-state index in [9.17, 15) is 4.79 Å². The molecule has 6 nitrogen and oxygen atoms in total. The van der Waals surface area contributed by atoms with Crippen molar-refractivity contribution in [2.75, 3.05) is 25.0 Å². The zero-order valence-corrected chi connectivity index (χ0v) is 13.2. The number of amides is 1. The van der Waals surface area contributed by atoms with Crippen LogP contribution in [-0.4, -0.2) is 35.3 Å². The van der Waals surface area contributed by atoms with Gasteiger partial charge in [0, 0.05) is 51.1 Å². The summed E-state index contributed by atoms with van der Waals surface area (Å²) in [5, 5.41) is 13.9. The second-order valence-electron chi connectivity index (χ2n) is 5.86. The Morgan fingerprint density at radius 1 is 1.30 bits per heavy atom. The predicted molar refractivity (Wildman–Crippen MR) is 90.0 cm³/mol. The number of carbonyl (C=O) groups excluding carboxylic acids is 1. The predicted octanol–water partition coefficient (Wildman–Crippen LogP) is 1.22. The highest BCUT2D eigenvalue weighted by Gasteiger charge is 2.17. The molecule has 0 aliphatic carbocycles. The van der Waals surface area contributed by atoms with Gasteiger partial charge >= 0.3 is 0 Å². The van der Waals surface area contributed by atoms with Crippen molar-refractivity contribution < 1.29 is 4.79 Å². The van der Waals surface area contributed by atoms with Gasteiger partial charge in [0.15, 0.2) is 0 Å². The fourth-order valence-electron chi connectivity index (χ4n) is 2.72. The number of rotatable bonds is 7. The third kappa shape index (κ3) is 4.56. The lowest BCUT2D eigenvalue weighted by Crippen LogP contribution is -2.36. The van der Waals surface area contributed by atoms with Crippen molar-refractivity contribution in [2.45, 2.75) is 19.5 Å². The van der Waals surface area contributed by atoms with E-state index in [0.29, 0.717) is 25.4 Å². The average molecular weight is 313 g/mol. The van der Waals surface area contributed by atoms with E-state index in [4.69, 9.17) is 0 Å². The fourth-order valence-corrected chi connectivity index (χ4v) is 2.72. The Labute approximate surface area is 136 Å². The second-order valence-corrected chi connectivity index (χ2v) is 5.86. The van der Waals surface area contributed by atoms with Gasteiger partial charge in [0.1, 0.15) is 5.82 Å². The summed E-state index contributed by atoms with van der Waals surface area (Å²) in [5.41, 5.74) is 1.12. The van der Waals surface area contributed by atoms with Crippen LogP contribution in [0.1, 0.15) is 12.0 Å². The number of benzene rings is 1. The van der Waals surface area contributed by atoms with Crippen molar-refractivity contribution in [3.63, 3.8) is 0 Å². The molecular weight excluding hydrogens is 290 g/mol. The first kappa shape index (κ1) is 15.6. The first-order chi connectivity index (χ1) is 11.3. The maximum Gasteiger partial charge on any atom is 0.221 e. The van der Waals surface area contributed by atoms with E-state index in [1.165, 1.54) is 0 Å². The van der Waals surface area contributed by atoms with Crippen LogP contribution in [0, 0.1) is 5.92 Å². The van der Waals surface area contributed by atoms with Gasteiger partial charge in [-0.2, -0.15) is 5.10 Å². The van der Waals surface area contributed by atoms with Crippen LogP contribution < -0.4 is 16.0 Å². The summed E-state index contributed by atoms with van der Waals surface area (Å²) in [6.07, 6.45) is 2.31. The molecule has 0 spiro atoms. The molecule has 1 aliphatic heterocycles. The number of anilines is 1. The highest BCUT2D eigenvalue weighted by Crippen LogP contribution is 2.15. The Hall–Kier alpha value is -2.34. The molecule has 2 heterocycles.